The van der Waals surface area contributed by atoms with E-state index < -0.39 is 6.10 Å². The molecule has 1 aliphatic heterocycles. The lowest BCUT2D eigenvalue weighted by atomic mass is 10.0. The molecule has 9 heavy (non-hydrogen) atoms. The standard InChI is InChI=1S/C6H9NO2/c7-3-6(8)5-1-2-9-4-5/h5-6,8H,1-2,4H2/t5-,6+/m0/s1. The van der Waals surface area contributed by atoms with Gasteiger partial charge in [-0.15, -0.1) is 0 Å². The molecule has 0 saturated carbocycles. The fourth-order valence-corrected chi connectivity index (χ4v) is 0.907. The Kier molecular flexibility index (Phi) is 2.04. The summed E-state index contributed by atoms with van der Waals surface area (Å²) in [6.45, 7) is 1.22. The summed E-state index contributed by atoms with van der Waals surface area (Å²) >= 11 is 0. The van der Waals surface area contributed by atoms with Gasteiger partial charge in [0.05, 0.1) is 12.7 Å². The zero-order valence-electron chi connectivity index (χ0n) is 5.08. The van der Waals surface area contributed by atoms with Gasteiger partial charge in [0.1, 0.15) is 6.10 Å². The van der Waals surface area contributed by atoms with Crippen LogP contribution in [0.15, 0.2) is 0 Å². The lowest BCUT2D eigenvalue weighted by molar-refractivity contribution is 0.128. The van der Waals surface area contributed by atoms with Gasteiger partial charge in [0.2, 0.25) is 0 Å². The van der Waals surface area contributed by atoms with E-state index in [9.17, 15) is 0 Å². The number of nitriles is 1. The summed E-state index contributed by atoms with van der Waals surface area (Å²) in [4.78, 5) is 0. The molecule has 50 valence electrons. The van der Waals surface area contributed by atoms with Crippen molar-refractivity contribution in [3.05, 3.63) is 0 Å². The number of hydrogen-bond acceptors (Lipinski definition) is 3. The van der Waals surface area contributed by atoms with Crippen LogP contribution in [0.3, 0.4) is 0 Å². The van der Waals surface area contributed by atoms with Gasteiger partial charge in [-0.25, -0.2) is 0 Å². The average molecular weight is 127 g/mol. The van der Waals surface area contributed by atoms with Crippen LogP contribution in [0.5, 0.6) is 0 Å². The zero-order valence-corrected chi connectivity index (χ0v) is 5.08. The first-order chi connectivity index (χ1) is 4.34. The molecule has 1 heterocycles. The van der Waals surface area contributed by atoms with Gasteiger partial charge in [-0.1, -0.05) is 0 Å². The summed E-state index contributed by atoms with van der Waals surface area (Å²) in [5.74, 6) is 0.0509. The van der Waals surface area contributed by atoms with Gasteiger partial charge in [0.15, 0.2) is 0 Å². The van der Waals surface area contributed by atoms with Crippen molar-refractivity contribution in [3.8, 4) is 6.07 Å². The highest BCUT2D eigenvalue weighted by Gasteiger charge is 2.22. The highest BCUT2D eigenvalue weighted by atomic mass is 16.5. The maximum absolute atomic E-state index is 8.92. The molecule has 0 spiro atoms. The lowest BCUT2D eigenvalue weighted by Gasteiger charge is -2.05. The topological polar surface area (TPSA) is 53.2 Å². The van der Waals surface area contributed by atoms with Crippen molar-refractivity contribution in [3.63, 3.8) is 0 Å². The number of ether oxygens (including phenoxy) is 1. The molecule has 0 aromatic heterocycles. The second-order valence-electron chi connectivity index (χ2n) is 2.20. The van der Waals surface area contributed by atoms with Crippen molar-refractivity contribution in [1.29, 1.82) is 5.26 Å². The minimum Gasteiger partial charge on any atom is -0.381 e. The van der Waals surface area contributed by atoms with Crippen molar-refractivity contribution in [1.82, 2.24) is 0 Å². The predicted molar refractivity (Wildman–Crippen MR) is 30.5 cm³/mol. The largest absolute Gasteiger partial charge is 0.381 e. The maximum atomic E-state index is 8.92. The van der Waals surface area contributed by atoms with Crippen LogP contribution in [0.25, 0.3) is 0 Å². The maximum Gasteiger partial charge on any atom is 0.145 e. The van der Waals surface area contributed by atoms with Crippen molar-refractivity contribution in [2.24, 2.45) is 5.92 Å². The lowest BCUT2D eigenvalue weighted by Crippen LogP contribution is -2.17. The van der Waals surface area contributed by atoms with E-state index in [0.717, 1.165) is 6.42 Å². The monoisotopic (exact) mass is 127 g/mol. The molecule has 0 amide bonds. The van der Waals surface area contributed by atoms with Crippen molar-refractivity contribution >= 4 is 0 Å². The van der Waals surface area contributed by atoms with Crippen LogP contribution in [0.4, 0.5) is 0 Å². The molecule has 0 radical (unpaired) electrons. The molecule has 1 rings (SSSR count). The Labute approximate surface area is 53.9 Å². The summed E-state index contributed by atoms with van der Waals surface area (Å²) < 4.78 is 4.97. The third kappa shape index (κ3) is 1.41. The van der Waals surface area contributed by atoms with Gasteiger partial charge < -0.3 is 9.84 Å². The Morgan fingerprint density at radius 1 is 1.78 bits per heavy atom. The van der Waals surface area contributed by atoms with Gasteiger partial charge in [-0.2, -0.15) is 5.26 Å². The van der Waals surface area contributed by atoms with E-state index in [1.807, 2.05) is 0 Å². The molecule has 0 aliphatic carbocycles. The highest BCUT2D eigenvalue weighted by Crippen LogP contribution is 2.15. The van der Waals surface area contributed by atoms with Crippen molar-refractivity contribution in [2.75, 3.05) is 13.2 Å². The SMILES string of the molecule is N#C[C@@H](O)[C@H]1CCOC1. The molecular weight excluding hydrogens is 118 g/mol. The zero-order chi connectivity index (χ0) is 6.69. The second kappa shape index (κ2) is 2.81. The Balaban J connectivity index is 2.34. The number of aliphatic hydroxyl groups is 1. The molecule has 0 bridgehead atoms. The quantitative estimate of drug-likeness (QED) is 0.501. The minimum atomic E-state index is -0.826. The fourth-order valence-electron chi connectivity index (χ4n) is 0.907. The molecule has 1 N–H and O–H groups in total. The second-order valence-corrected chi connectivity index (χ2v) is 2.20. The van der Waals surface area contributed by atoms with E-state index in [0.29, 0.717) is 13.2 Å². The van der Waals surface area contributed by atoms with Crippen LogP contribution in [-0.4, -0.2) is 24.4 Å². The van der Waals surface area contributed by atoms with E-state index in [1.165, 1.54) is 0 Å². The first kappa shape index (κ1) is 6.53. The number of aliphatic hydroxyl groups excluding tert-OH is 1. The number of hydrogen-bond donors (Lipinski definition) is 1. The predicted octanol–water partition coefficient (Wildman–Crippen LogP) is -0.0926. The Morgan fingerprint density at radius 2 is 2.56 bits per heavy atom. The summed E-state index contributed by atoms with van der Waals surface area (Å²) in [5.41, 5.74) is 0. The van der Waals surface area contributed by atoms with Crippen LogP contribution < -0.4 is 0 Å². The van der Waals surface area contributed by atoms with Crippen LogP contribution in [-0.2, 0) is 4.74 Å². The fraction of sp³-hybridized carbons (Fsp3) is 0.833. The van der Waals surface area contributed by atoms with Gasteiger partial charge in [-0.3, -0.25) is 0 Å². The third-order valence-electron chi connectivity index (χ3n) is 1.54. The van der Waals surface area contributed by atoms with Crippen LogP contribution in [0.2, 0.25) is 0 Å². The van der Waals surface area contributed by atoms with Crippen LogP contribution in [0.1, 0.15) is 6.42 Å². The third-order valence-corrected chi connectivity index (χ3v) is 1.54. The van der Waals surface area contributed by atoms with Gasteiger partial charge in [-0.05, 0) is 6.42 Å². The summed E-state index contributed by atoms with van der Waals surface area (Å²) in [5, 5.41) is 17.2. The molecule has 1 aliphatic rings. The molecule has 0 aromatic carbocycles. The molecular formula is C6H9NO2. The summed E-state index contributed by atoms with van der Waals surface area (Å²) in [7, 11) is 0. The average Bonchev–Trinajstić information content (AvgIpc) is 2.37. The molecule has 1 fully saturated rings. The minimum absolute atomic E-state index is 0.0509. The summed E-state index contributed by atoms with van der Waals surface area (Å²) in [6, 6.07) is 1.78. The first-order valence-electron chi connectivity index (χ1n) is 3.00. The molecule has 1 saturated heterocycles. The van der Waals surface area contributed by atoms with Crippen molar-refractivity contribution < 1.29 is 9.84 Å². The summed E-state index contributed by atoms with van der Waals surface area (Å²) in [6.07, 6.45) is -0.0122. The van der Waals surface area contributed by atoms with Crippen LogP contribution >= 0.6 is 0 Å². The van der Waals surface area contributed by atoms with Crippen molar-refractivity contribution in [2.45, 2.75) is 12.5 Å². The Hall–Kier alpha value is -0.590. The number of nitrogens with zero attached hydrogens (tertiary/aromatic N) is 1. The van der Waals surface area contributed by atoms with Crippen LogP contribution in [0, 0.1) is 17.2 Å². The van der Waals surface area contributed by atoms with E-state index in [-0.39, 0.29) is 5.92 Å². The normalized spacial score (nSPS) is 29.6. The van der Waals surface area contributed by atoms with Gasteiger partial charge in [0, 0.05) is 12.5 Å². The Morgan fingerprint density at radius 3 is 3.00 bits per heavy atom. The van der Waals surface area contributed by atoms with E-state index in [4.69, 9.17) is 15.1 Å². The van der Waals surface area contributed by atoms with Gasteiger partial charge >= 0.3 is 0 Å². The van der Waals surface area contributed by atoms with E-state index in [2.05, 4.69) is 0 Å². The molecule has 2 atom stereocenters. The number of rotatable bonds is 1. The molecule has 3 nitrogen and oxygen atoms in total. The highest BCUT2D eigenvalue weighted by molar-refractivity contribution is 4.89. The molecule has 3 heteroatoms. The smallest absolute Gasteiger partial charge is 0.145 e. The first-order valence-corrected chi connectivity index (χ1v) is 3.00. The molecule has 0 aromatic rings. The van der Waals surface area contributed by atoms with Gasteiger partial charge in [0.25, 0.3) is 0 Å². The Bertz CT molecular complexity index is 124. The van der Waals surface area contributed by atoms with E-state index in [1.54, 1.807) is 6.07 Å². The van der Waals surface area contributed by atoms with E-state index >= 15 is 0 Å². The molecule has 0 unspecified atom stereocenters.